The molecule has 0 amide bonds. The summed E-state index contributed by atoms with van der Waals surface area (Å²) in [5.41, 5.74) is 0.634. The first-order valence-corrected chi connectivity index (χ1v) is 10.1. The predicted octanol–water partition coefficient (Wildman–Crippen LogP) is 4.03. The molecule has 0 saturated carbocycles. The minimum Gasteiger partial charge on any atom is -0.475 e. The van der Waals surface area contributed by atoms with Crippen molar-refractivity contribution >= 4 is 21.7 Å². The van der Waals surface area contributed by atoms with E-state index in [0.717, 1.165) is 34.9 Å². The molecular formula is C23H31N3O3. The van der Waals surface area contributed by atoms with Gasteiger partial charge in [0.15, 0.2) is 12.5 Å². The maximum absolute atomic E-state index is 12.8. The molecule has 2 unspecified atom stereocenters. The van der Waals surface area contributed by atoms with Crippen LogP contribution in [0, 0.1) is 0 Å². The second-order valence-electron chi connectivity index (χ2n) is 7.76. The van der Waals surface area contributed by atoms with Gasteiger partial charge >= 0.3 is 0 Å². The van der Waals surface area contributed by atoms with E-state index in [1.165, 1.54) is 0 Å². The number of ether oxygens (including phenoxy) is 2. The zero-order valence-corrected chi connectivity index (χ0v) is 18.2. The number of pyridine rings is 1. The summed E-state index contributed by atoms with van der Waals surface area (Å²) in [5.74, 6) is 1.43. The van der Waals surface area contributed by atoms with Crippen molar-refractivity contribution in [1.29, 1.82) is 0 Å². The number of fused-ring (bicyclic) bond motifs is 3. The van der Waals surface area contributed by atoms with E-state index in [0.29, 0.717) is 11.1 Å². The molecule has 0 aliphatic carbocycles. The summed E-state index contributed by atoms with van der Waals surface area (Å²) < 4.78 is 12.1. The zero-order chi connectivity index (χ0) is 21.1. The number of hydrogen-bond acceptors (Lipinski definition) is 5. The number of rotatable bonds is 8. The Morgan fingerprint density at radius 2 is 1.31 bits per heavy atom. The van der Waals surface area contributed by atoms with Crippen LogP contribution < -0.4 is 15.0 Å². The number of aromatic nitrogens is 1. The molecule has 0 aliphatic heterocycles. The van der Waals surface area contributed by atoms with Crippen LogP contribution in [-0.4, -0.2) is 55.4 Å². The van der Waals surface area contributed by atoms with Crippen molar-refractivity contribution in [2.75, 3.05) is 28.2 Å². The molecule has 1 heterocycles. The van der Waals surface area contributed by atoms with Crippen LogP contribution >= 0.6 is 0 Å². The number of aromatic amines is 1. The van der Waals surface area contributed by atoms with Crippen LogP contribution in [0.4, 0.5) is 0 Å². The van der Waals surface area contributed by atoms with E-state index in [2.05, 4.69) is 18.8 Å². The van der Waals surface area contributed by atoms with Crippen molar-refractivity contribution in [3.63, 3.8) is 0 Å². The Bertz CT molecular complexity index is 1040. The fourth-order valence-corrected chi connectivity index (χ4v) is 3.57. The Kier molecular flexibility index (Phi) is 6.45. The smallest absolute Gasteiger partial charge is 0.256 e. The molecular weight excluding hydrogens is 366 g/mol. The molecule has 0 spiro atoms. The summed E-state index contributed by atoms with van der Waals surface area (Å²) in [6.07, 6.45) is 1.68. The molecule has 0 fully saturated rings. The van der Waals surface area contributed by atoms with Crippen LogP contribution in [0.1, 0.15) is 26.7 Å². The normalized spacial score (nSPS) is 13.9. The third-order valence-corrected chi connectivity index (χ3v) is 5.16. The van der Waals surface area contributed by atoms with Crippen LogP contribution in [0.25, 0.3) is 21.7 Å². The molecule has 1 aromatic heterocycles. The third-order valence-electron chi connectivity index (χ3n) is 5.16. The van der Waals surface area contributed by atoms with Gasteiger partial charge in [-0.1, -0.05) is 13.8 Å². The second kappa shape index (κ2) is 8.84. The fourth-order valence-electron chi connectivity index (χ4n) is 3.57. The molecule has 3 rings (SSSR count). The number of nitrogens with zero attached hydrogens (tertiary/aromatic N) is 2. The number of nitrogens with one attached hydrogen (secondary N) is 1. The van der Waals surface area contributed by atoms with Gasteiger partial charge in [-0.15, -0.1) is 0 Å². The molecule has 29 heavy (non-hydrogen) atoms. The van der Waals surface area contributed by atoms with E-state index in [4.69, 9.17) is 9.47 Å². The average molecular weight is 398 g/mol. The van der Waals surface area contributed by atoms with Gasteiger partial charge < -0.3 is 14.5 Å². The van der Waals surface area contributed by atoms with Crippen molar-refractivity contribution in [2.24, 2.45) is 0 Å². The largest absolute Gasteiger partial charge is 0.475 e. The Balaban J connectivity index is 2.00. The van der Waals surface area contributed by atoms with Crippen LogP contribution in [0.2, 0.25) is 0 Å². The lowest BCUT2D eigenvalue weighted by Crippen LogP contribution is -2.32. The Morgan fingerprint density at radius 1 is 0.793 bits per heavy atom. The van der Waals surface area contributed by atoms with Gasteiger partial charge in [0.1, 0.15) is 11.5 Å². The highest BCUT2D eigenvalue weighted by Gasteiger charge is 2.14. The molecule has 2 aromatic carbocycles. The van der Waals surface area contributed by atoms with Gasteiger partial charge in [0, 0.05) is 11.5 Å². The summed E-state index contributed by atoms with van der Waals surface area (Å²) in [5, 5.41) is 2.51. The van der Waals surface area contributed by atoms with Gasteiger partial charge in [-0.3, -0.25) is 14.6 Å². The number of benzene rings is 2. The first-order valence-electron chi connectivity index (χ1n) is 10.1. The monoisotopic (exact) mass is 397 g/mol. The number of hydrogen-bond donors (Lipinski definition) is 1. The van der Waals surface area contributed by atoms with Crippen LogP contribution in [0.15, 0.2) is 41.2 Å². The Labute approximate surface area is 172 Å². The summed E-state index contributed by atoms with van der Waals surface area (Å²) >= 11 is 0. The minimum absolute atomic E-state index is 0.0115. The van der Waals surface area contributed by atoms with Crippen LogP contribution in [0.5, 0.6) is 11.5 Å². The van der Waals surface area contributed by atoms with Crippen molar-refractivity contribution in [3.8, 4) is 11.5 Å². The maximum atomic E-state index is 12.8. The highest BCUT2D eigenvalue weighted by atomic mass is 16.5. The Morgan fingerprint density at radius 3 is 1.83 bits per heavy atom. The zero-order valence-electron chi connectivity index (χ0n) is 18.2. The van der Waals surface area contributed by atoms with E-state index in [9.17, 15) is 4.79 Å². The van der Waals surface area contributed by atoms with Gasteiger partial charge in [-0.25, -0.2) is 0 Å². The summed E-state index contributed by atoms with van der Waals surface area (Å²) in [6.45, 7) is 4.16. The summed E-state index contributed by atoms with van der Waals surface area (Å²) in [4.78, 5) is 19.8. The van der Waals surface area contributed by atoms with Gasteiger partial charge in [0.25, 0.3) is 5.56 Å². The molecule has 6 nitrogen and oxygen atoms in total. The number of H-pyrrole nitrogens is 1. The third kappa shape index (κ3) is 4.54. The molecule has 1 N–H and O–H groups in total. The maximum Gasteiger partial charge on any atom is 0.256 e. The van der Waals surface area contributed by atoms with Gasteiger partial charge in [0.2, 0.25) is 0 Å². The standard InChI is InChI=1S/C23H31N3O3/c1-7-21(25(3)4)28-15-9-11-17-18-12-10-16(29-22(8-2)26(5)6)14-20(18)24-23(27)19(17)13-15/h9-14,21-22H,7-8H2,1-6H3,(H,24,27). The van der Waals surface area contributed by atoms with Crippen molar-refractivity contribution in [2.45, 2.75) is 39.1 Å². The van der Waals surface area contributed by atoms with Crippen molar-refractivity contribution < 1.29 is 9.47 Å². The highest BCUT2D eigenvalue weighted by molar-refractivity contribution is 6.05. The lowest BCUT2D eigenvalue weighted by molar-refractivity contribution is 0.0613. The molecule has 0 saturated heterocycles. The van der Waals surface area contributed by atoms with Gasteiger partial charge in [-0.2, -0.15) is 0 Å². The highest BCUT2D eigenvalue weighted by Crippen LogP contribution is 2.28. The molecule has 6 heteroatoms. The molecule has 2 atom stereocenters. The second-order valence-corrected chi connectivity index (χ2v) is 7.76. The van der Waals surface area contributed by atoms with Crippen LogP contribution in [0.3, 0.4) is 0 Å². The van der Waals surface area contributed by atoms with Gasteiger partial charge in [0.05, 0.1) is 10.9 Å². The van der Waals surface area contributed by atoms with Crippen LogP contribution in [-0.2, 0) is 0 Å². The molecule has 156 valence electrons. The van der Waals surface area contributed by atoms with E-state index in [-0.39, 0.29) is 18.0 Å². The fraction of sp³-hybridized carbons (Fsp3) is 0.435. The topological polar surface area (TPSA) is 57.8 Å². The van der Waals surface area contributed by atoms with E-state index < -0.39 is 0 Å². The van der Waals surface area contributed by atoms with Crippen molar-refractivity contribution in [1.82, 2.24) is 14.8 Å². The Hall–Kier alpha value is -2.57. The molecule has 0 radical (unpaired) electrons. The van der Waals surface area contributed by atoms with E-state index >= 15 is 0 Å². The molecule has 0 bridgehead atoms. The van der Waals surface area contributed by atoms with E-state index in [1.807, 2.05) is 74.4 Å². The quantitative estimate of drug-likeness (QED) is 0.459. The van der Waals surface area contributed by atoms with E-state index in [1.54, 1.807) is 0 Å². The minimum atomic E-state index is -0.132. The SMILES string of the molecule is CCC(Oc1ccc2c(c1)[nH]c(=O)c1cc(OC(CC)N(C)C)ccc12)N(C)C. The lowest BCUT2D eigenvalue weighted by atomic mass is 10.1. The molecule has 0 aliphatic rings. The lowest BCUT2D eigenvalue weighted by Gasteiger charge is -2.24. The summed E-state index contributed by atoms with van der Waals surface area (Å²) in [7, 11) is 7.94. The van der Waals surface area contributed by atoms with Gasteiger partial charge in [-0.05, 0) is 76.8 Å². The first-order chi connectivity index (χ1) is 13.8. The molecule has 3 aromatic rings. The van der Waals surface area contributed by atoms with Crippen molar-refractivity contribution in [3.05, 3.63) is 46.8 Å². The first kappa shape index (κ1) is 21.1. The summed E-state index contributed by atoms with van der Waals surface area (Å²) in [6, 6.07) is 11.6. The predicted molar refractivity (Wildman–Crippen MR) is 119 cm³/mol. The average Bonchev–Trinajstić information content (AvgIpc) is 2.69.